The summed E-state index contributed by atoms with van der Waals surface area (Å²) in [4.78, 5) is 0. The SMILES string of the molecule is C[C@H]1CC[C@H](NCCCOc2ccccc2)CC1. The molecule has 0 heterocycles. The summed E-state index contributed by atoms with van der Waals surface area (Å²) in [5.41, 5.74) is 0. The van der Waals surface area contributed by atoms with Gasteiger partial charge in [0.05, 0.1) is 6.61 Å². The lowest BCUT2D eigenvalue weighted by Crippen LogP contribution is -2.33. The molecule has 1 fully saturated rings. The Bertz CT molecular complexity index is 317. The molecule has 2 nitrogen and oxygen atoms in total. The van der Waals surface area contributed by atoms with Gasteiger partial charge in [0.2, 0.25) is 0 Å². The van der Waals surface area contributed by atoms with E-state index in [0.717, 1.165) is 37.3 Å². The number of para-hydroxylation sites is 1. The number of benzene rings is 1. The van der Waals surface area contributed by atoms with E-state index in [9.17, 15) is 0 Å². The minimum atomic E-state index is 0.748. The Morgan fingerprint density at radius 2 is 1.83 bits per heavy atom. The van der Waals surface area contributed by atoms with Crippen LogP contribution in [0.4, 0.5) is 0 Å². The molecule has 1 aliphatic rings. The molecule has 1 aromatic carbocycles. The highest BCUT2D eigenvalue weighted by Gasteiger charge is 2.16. The lowest BCUT2D eigenvalue weighted by Gasteiger charge is -2.27. The third kappa shape index (κ3) is 4.69. The molecule has 2 rings (SSSR count). The predicted molar refractivity (Wildman–Crippen MR) is 76.0 cm³/mol. The molecule has 0 atom stereocenters. The van der Waals surface area contributed by atoms with Crippen LogP contribution in [0, 0.1) is 5.92 Å². The maximum Gasteiger partial charge on any atom is 0.119 e. The minimum Gasteiger partial charge on any atom is -0.494 e. The maximum atomic E-state index is 5.67. The van der Waals surface area contributed by atoms with E-state index >= 15 is 0 Å². The van der Waals surface area contributed by atoms with Crippen LogP contribution in [0.5, 0.6) is 5.75 Å². The molecule has 0 radical (unpaired) electrons. The molecule has 2 heteroatoms. The first-order valence-electron chi connectivity index (χ1n) is 7.26. The fourth-order valence-electron chi connectivity index (χ4n) is 2.55. The van der Waals surface area contributed by atoms with Crippen molar-refractivity contribution in [3.63, 3.8) is 0 Å². The van der Waals surface area contributed by atoms with E-state index in [2.05, 4.69) is 12.2 Å². The van der Waals surface area contributed by atoms with E-state index in [1.54, 1.807) is 0 Å². The van der Waals surface area contributed by atoms with Gasteiger partial charge in [-0.15, -0.1) is 0 Å². The minimum absolute atomic E-state index is 0.748. The Labute approximate surface area is 111 Å². The maximum absolute atomic E-state index is 5.67. The van der Waals surface area contributed by atoms with Crippen molar-refractivity contribution in [3.05, 3.63) is 30.3 Å². The molecule has 0 aromatic heterocycles. The summed E-state index contributed by atoms with van der Waals surface area (Å²) in [5.74, 6) is 1.91. The Balaban J connectivity index is 1.51. The van der Waals surface area contributed by atoms with Gasteiger partial charge < -0.3 is 10.1 Å². The largest absolute Gasteiger partial charge is 0.494 e. The van der Waals surface area contributed by atoms with Crippen LogP contribution in [-0.2, 0) is 0 Å². The van der Waals surface area contributed by atoms with Gasteiger partial charge in [-0.3, -0.25) is 0 Å². The van der Waals surface area contributed by atoms with Gasteiger partial charge >= 0.3 is 0 Å². The summed E-state index contributed by atoms with van der Waals surface area (Å²) in [6, 6.07) is 10.8. The highest BCUT2D eigenvalue weighted by Crippen LogP contribution is 2.23. The number of hydrogen-bond donors (Lipinski definition) is 1. The lowest BCUT2D eigenvalue weighted by molar-refractivity contribution is 0.281. The van der Waals surface area contributed by atoms with Crippen LogP contribution in [-0.4, -0.2) is 19.2 Å². The van der Waals surface area contributed by atoms with Crippen LogP contribution in [0.1, 0.15) is 39.0 Å². The number of rotatable bonds is 6. The van der Waals surface area contributed by atoms with Crippen molar-refractivity contribution in [3.8, 4) is 5.75 Å². The highest BCUT2D eigenvalue weighted by molar-refractivity contribution is 5.20. The molecule has 0 amide bonds. The summed E-state index contributed by atoms with van der Waals surface area (Å²) in [6.45, 7) is 4.25. The van der Waals surface area contributed by atoms with Crippen LogP contribution < -0.4 is 10.1 Å². The summed E-state index contributed by atoms with van der Waals surface area (Å²) in [5, 5.41) is 3.65. The van der Waals surface area contributed by atoms with Crippen LogP contribution in [0.2, 0.25) is 0 Å². The van der Waals surface area contributed by atoms with Crippen molar-refractivity contribution in [1.29, 1.82) is 0 Å². The van der Waals surface area contributed by atoms with Gasteiger partial charge in [0.25, 0.3) is 0 Å². The first-order chi connectivity index (χ1) is 8.84. The second-order valence-electron chi connectivity index (χ2n) is 5.43. The molecule has 0 saturated heterocycles. The van der Waals surface area contributed by atoms with Crippen molar-refractivity contribution in [2.45, 2.75) is 45.1 Å². The summed E-state index contributed by atoms with van der Waals surface area (Å²) >= 11 is 0. The Morgan fingerprint density at radius 1 is 1.11 bits per heavy atom. The molecule has 0 unspecified atom stereocenters. The molecule has 18 heavy (non-hydrogen) atoms. The molecule has 1 N–H and O–H groups in total. The number of ether oxygens (including phenoxy) is 1. The third-order valence-electron chi connectivity index (χ3n) is 3.78. The Kier molecular flexibility index (Phi) is 5.53. The van der Waals surface area contributed by atoms with Crippen molar-refractivity contribution in [2.24, 2.45) is 5.92 Å². The van der Waals surface area contributed by atoms with Gasteiger partial charge in [-0.25, -0.2) is 0 Å². The molecule has 0 bridgehead atoms. The van der Waals surface area contributed by atoms with Gasteiger partial charge in [0.15, 0.2) is 0 Å². The Hall–Kier alpha value is -1.02. The Morgan fingerprint density at radius 3 is 2.56 bits per heavy atom. The summed E-state index contributed by atoms with van der Waals surface area (Å²) in [7, 11) is 0. The monoisotopic (exact) mass is 247 g/mol. The zero-order valence-corrected chi connectivity index (χ0v) is 11.4. The molecule has 1 saturated carbocycles. The van der Waals surface area contributed by atoms with Gasteiger partial charge in [-0.2, -0.15) is 0 Å². The zero-order valence-electron chi connectivity index (χ0n) is 11.4. The predicted octanol–water partition coefficient (Wildman–Crippen LogP) is 3.62. The number of hydrogen-bond acceptors (Lipinski definition) is 2. The normalized spacial score (nSPS) is 23.8. The third-order valence-corrected chi connectivity index (χ3v) is 3.78. The zero-order chi connectivity index (χ0) is 12.6. The second kappa shape index (κ2) is 7.42. The smallest absolute Gasteiger partial charge is 0.119 e. The standard InChI is InChI=1S/C16H25NO/c1-14-8-10-15(11-9-14)17-12-5-13-18-16-6-3-2-4-7-16/h2-4,6-7,14-15,17H,5,8-13H2,1H3/t14-,15-. The van der Waals surface area contributed by atoms with Crippen molar-refractivity contribution in [2.75, 3.05) is 13.2 Å². The molecule has 0 spiro atoms. The van der Waals surface area contributed by atoms with Gasteiger partial charge in [0, 0.05) is 6.04 Å². The van der Waals surface area contributed by atoms with Crippen LogP contribution in [0.15, 0.2) is 30.3 Å². The van der Waals surface area contributed by atoms with E-state index in [-0.39, 0.29) is 0 Å². The van der Waals surface area contributed by atoms with Crippen molar-refractivity contribution in [1.82, 2.24) is 5.32 Å². The van der Waals surface area contributed by atoms with Crippen LogP contribution in [0.3, 0.4) is 0 Å². The van der Waals surface area contributed by atoms with E-state index in [1.807, 2.05) is 30.3 Å². The van der Waals surface area contributed by atoms with E-state index < -0.39 is 0 Å². The van der Waals surface area contributed by atoms with E-state index in [1.165, 1.54) is 25.7 Å². The first-order valence-corrected chi connectivity index (χ1v) is 7.26. The molecular weight excluding hydrogens is 222 g/mol. The molecule has 1 aromatic rings. The summed E-state index contributed by atoms with van der Waals surface area (Å²) in [6.07, 6.45) is 6.55. The molecular formula is C16H25NO. The fraction of sp³-hybridized carbons (Fsp3) is 0.625. The molecule has 100 valence electrons. The average Bonchev–Trinajstić information content (AvgIpc) is 2.42. The highest BCUT2D eigenvalue weighted by atomic mass is 16.5. The van der Waals surface area contributed by atoms with Crippen molar-refractivity contribution >= 4 is 0 Å². The van der Waals surface area contributed by atoms with Crippen LogP contribution >= 0.6 is 0 Å². The second-order valence-corrected chi connectivity index (χ2v) is 5.43. The van der Waals surface area contributed by atoms with E-state index in [0.29, 0.717) is 0 Å². The van der Waals surface area contributed by atoms with Gasteiger partial charge in [-0.1, -0.05) is 25.1 Å². The lowest BCUT2D eigenvalue weighted by atomic mass is 9.87. The topological polar surface area (TPSA) is 21.3 Å². The van der Waals surface area contributed by atoms with Crippen molar-refractivity contribution < 1.29 is 4.74 Å². The number of nitrogens with one attached hydrogen (secondary N) is 1. The van der Waals surface area contributed by atoms with Gasteiger partial charge in [-0.05, 0) is 56.7 Å². The average molecular weight is 247 g/mol. The van der Waals surface area contributed by atoms with Crippen LogP contribution in [0.25, 0.3) is 0 Å². The quantitative estimate of drug-likeness (QED) is 0.775. The van der Waals surface area contributed by atoms with E-state index in [4.69, 9.17) is 4.74 Å². The fourth-order valence-corrected chi connectivity index (χ4v) is 2.55. The summed E-state index contributed by atoms with van der Waals surface area (Å²) < 4.78 is 5.67. The molecule has 1 aliphatic carbocycles. The molecule has 0 aliphatic heterocycles. The van der Waals surface area contributed by atoms with Gasteiger partial charge in [0.1, 0.15) is 5.75 Å². The first kappa shape index (κ1) is 13.4.